The van der Waals surface area contributed by atoms with Gasteiger partial charge in [0, 0.05) is 62.0 Å². The summed E-state index contributed by atoms with van der Waals surface area (Å²) in [5.41, 5.74) is 7.38. The number of Topliss-reactive ketones (excluding diaryl/α,β-unsaturated/α-hetero) is 1. The molecule has 0 unspecified atom stereocenters. The molecule has 3 rings (SSSR count). The zero-order valence-electron chi connectivity index (χ0n) is 38.5. The fourth-order valence-corrected chi connectivity index (χ4v) is 7.09. The summed E-state index contributed by atoms with van der Waals surface area (Å²) < 4.78 is 0. The van der Waals surface area contributed by atoms with E-state index >= 15 is 0 Å². The zero-order chi connectivity index (χ0) is 52.8. The summed E-state index contributed by atoms with van der Waals surface area (Å²) in [6, 6.07) is 3.84. The summed E-state index contributed by atoms with van der Waals surface area (Å²) >= 11 is 0. The molecule has 7 atom stereocenters. The molecule has 0 fully saturated rings. The number of ketones is 1. The van der Waals surface area contributed by atoms with E-state index in [1.165, 1.54) is 0 Å². The average Bonchev–Trinajstić information content (AvgIpc) is 3.72. The molecule has 71 heavy (non-hydrogen) atoms. The highest BCUT2D eigenvalue weighted by Gasteiger charge is 2.35. The van der Waals surface area contributed by atoms with E-state index in [4.69, 9.17) is 10.8 Å². The predicted molar refractivity (Wildman–Crippen MR) is 247 cm³/mol. The lowest BCUT2D eigenvalue weighted by atomic mass is 10.0. The Balaban J connectivity index is 1.98. The summed E-state index contributed by atoms with van der Waals surface area (Å²) in [6.45, 7) is 1.13. The largest absolute Gasteiger partial charge is 0.481 e. The first-order chi connectivity index (χ1) is 33.5. The summed E-state index contributed by atoms with van der Waals surface area (Å²) in [6.07, 6.45) is -4.51. The average molecular weight is 995 g/mol. The fraction of sp³-hybridized carbons (Fsp3) is 0.435. The molecule has 14 N–H and O–H groups in total. The van der Waals surface area contributed by atoms with Gasteiger partial charge in [-0.15, -0.1) is 0 Å². The number of carbonyl (C=O) groups excluding carboxylic acids is 7. The molecule has 384 valence electrons. The smallest absolute Gasteiger partial charge is 0.303 e. The van der Waals surface area contributed by atoms with Gasteiger partial charge in [0.15, 0.2) is 5.78 Å². The third-order valence-corrected chi connectivity index (χ3v) is 10.9. The van der Waals surface area contributed by atoms with Crippen molar-refractivity contribution in [1.82, 2.24) is 36.9 Å². The standard InChI is InChI=1S/C46H58N8O17/c1-24(55)29(12-17-37(58)59)49-46(71)35(22-26-23-48-30-10-6-5-9-27(26)30)54-44(69)33(15-20-40(64)65)52-45(70)34(21-25-7-3-2-4-8-25)53-43(68)32(14-19-39(62)63)51-42(67)31(13-18-38(60)61)50-41(66)28(47)11-16-36(56)57/h2-10,23,28-29,31-35,48H,11-22,47H2,1H3,(H,49,71)(H,50,66)(H,51,67)(H,52,70)(H,53,68)(H,54,69)(H,56,57)(H,58,59)(H,60,61)(H,62,63)(H,64,65)/t28-,29-,31-,32-,33-,34-,35-/m0/s1. The van der Waals surface area contributed by atoms with Crippen LogP contribution >= 0.6 is 0 Å². The van der Waals surface area contributed by atoms with Crippen LogP contribution in [0.1, 0.15) is 82.3 Å². The number of amides is 6. The van der Waals surface area contributed by atoms with Gasteiger partial charge >= 0.3 is 29.8 Å². The van der Waals surface area contributed by atoms with Gasteiger partial charge in [-0.3, -0.25) is 57.5 Å². The van der Waals surface area contributed by atoms with E-state index in [1.807, 2.05) is 0 Å². The molecule has 6 amide bonds. The Labute approximate surface area is 405 Å². The lowest BCUT2D eigenvalue weighted by Crippen LogP contribution is -2.60. The van der Waals surface area contributed by atoms with E-state index < -0.39 is 165 Å². The third kappa shape index (κ3) is 20.1. The maximum absolute atomic E-state index is 14.3. The summed E-state index contributed by atoms with van der Waals surface area (Å²) in [7, 11) is 0. The highest BCUT2D eigenvalue weighted by Crippen LogP contribution is 2.20. The number of hydrogen-bond acceptors (Lipinski definition) is 13. The molecule has 0 aliphatic heterocycles. The molecule has 0 aliphatic carbocycles. The molecule has 0 saturated carbocycles. The van der Waals surface area contributed by atoms with E-state index in [9.17, 15) is 78.0 Å². The summed E-state index contributed by atoms with van der Waals surface area (Å²) in [4.78, 5) is 156. The number of carboxylic acids is 5. The number of carboxylic acid groups (broad SMARTS) is 5. The second kappa shape index (κ2) is 28.3. The summed E-state index contributed by atoms with van der Waals surface area (Å²) in [5.74, 6) is -13.8. The van der Waals surface area contributed by atoms with Crippen molar-refractivity contribution in [3.05, 3.63) is 71.9 Å². The van der Waals surface area contributed by atoms with E-state index in [-0.39, 0.29) is 25.7 Å². The lowest BCUT2D eigenvalue weighted by molar-refractivity contribution is -0.140. The molecule has 0 spiro atoms. The highest BCUT2D eigenvalue weighted by molar-refractivity contribution is 5.98. The molecule has 0 aliphatic rings. The van der Waals surface area contributed by atoms with Crippen molar-refractivity contribution in [2.45, 2.75) is 126 Å². The number of benzene rings is 2. The molecule has 0 radical (unpaired) electrons. The van der Waals surface area contributed by atoms with Gasteiger partial charge in [-0.2, -0.15) is 0 Å². The van der Waals surface area contributed by atoms with Crippen LogP contribution in [0.2, 0.25) is 0 Å². The minimum atomic E-state index is -1.78. The van der Waals surface area contributed by atoms with Crippen LogP contribution in [0.4, 0.5) is 0 Å². The second-order valence-electron chi connectivity index (χ2n) is 16.5. The topological polar surface area (TPSA) is 420 Å². The van der Waals surface area contributed by atoms with Crippen LogP contribution in [0.5, 0.6) is 0 Å². The molecule has 2 aromatic carbocycles. The molecule has 1 aromatic heterocycles. The Morgan fingerprint density at radius 2 is 0.803 bits per heavy atom. The molecule has 25 heteroatoms. The van der Waals surface area contributed by atoms with Crippen molar-refractivity contribution in [3.8, 4) is 0 Å². The van der Waals surface area contributed by atoms with Crippen LogP contribution < -0.4 is 37.6 Å². The normalized spacial score (nSPS) is 13.9. The van der Waals surface area contributed by atoms with Crippen molar-refractivity contribution in [3.63, 3.8) is 0 Å². The minimum Gasteiger partial charge on any atom is -0.481 e. The first-order valence-electron chi connectivity index (χ1n) is 22.3. The molecule has 1 heterocycles. The number of H-pyrrole nitrogens is 1. The first kappa shape index (κ1) is 57.1. The number of aromatic amines is 1. The van der Waals surface area contributed by atoms with E-state index in [0.29, 0.717) is 22.0 Å². The number of nitrogens with one attached hydrogen (secondary N) is 7. The fourth-order valence-electron chi connectivity index (χ4n) is 7.09. The van der Waals surface area contributed by atoms with Gasteiger partial charge in [0.1, 0.15) is 30.2 Å². The van der Waals surface area contributed by atoms with Crippen LogP contribution in [-0.4, -0.2) is 144 Å². The van der Waals surface area contributed by atoms with Gasteiger partial charge in [0.25, 0.3) is 0 Å². The van der Waals surface area contributed by atoms with Crippen molar-refractivity contribution < 1.29 is 83.1 Å². The van der Waals surface area contributed by atoms with Crippen LogP contribution in [0.15, 0.2) is 60.8 Å². The monoisotopic (exact) mass is 994 g/mol. The van der Waals surface area contributed by atoms with E-state index in [2.05, 4.69) is 36.9 Å². The Morgan fingerprint density at radius 3 is 1.25 bits per heavy atom. The van der Waals surface area contributed by atoms with Gasteiger partial charge < -0.3 is 68.2 Å². The Bertz CT molecular complexity index is 2430. The zero-order valence-corrected chi connectivity index (χ0v) is 38.5. The molecule has 0 saturated heterocycles. The molecular formula is C46H58N8O17. The first-order valence-corrected chi connectivity index (χ1v) is 22.3. The molecule has 25 nitrogen and oxygen atoms in total. The number of rotatable bonds is 32. The SMILES string of the molecule is CC(=O)[C@H](CCC(=O)O)NC(=O)[C@H](Cc1c[nH]c2ccccc12)NC(=O)[C@H](CCC(=O)O)NC(=O)[C@H](Cc1ccccc1)NC(=O)[C@H](CCC(=O)O)NC(=O)[C@H](CCC(=O)O)NC(=O)[C@@H](N)CCC(=O)O. The minimum absolute atomic E-state index is 0.223. The van der Waals surface area contributed by atoms with Crippen LogP contribution in [0, 0.1) is 0 Å². The van der Waals surface area contributed by atoms with Crippen LogP contribution in [-0.2, 0) is 70.4 Å². The van der Waals surface area contributed by atoms with Gasteiger partial charge in [-0.05, 0) is 56.2 Å². The number of para-hydroxylation sites is 1. The maximum Gasteiger partial charge on any atom is 0.303 e. The Kier molecular flexibility index (Phi) is 22.8. The van der Waals surface area contributed by atoms with Gasteiger partial charge in [0.2, 0.25) is 35.4 Å². The number of aliphatic carboxylic acids is 5. The van der Waals surface area contributed by atoms with Crippen molar-refractivity contribution in [1.29, 1.82) is 0 Å². The summed E-state index contributed by atoms with van der Waals surface area (Å²) in [5, 5.41) is 61.7. The predicted octanol–water partition coefficient (Wildman–Crippen LogP) is -0.898. The maximum atomic E-state index is 14.3. The molecule has 3 aromatic rings. The van der Waals surface area contributed by atoms with Crippen molar-refractivity contribution in [2.75, 3.05) is 0 Å². The van der Waals surface area contributed by atoms with E-state index in [1.54, 1.807) is 60.8 Å². The van der Waals surface area contributed by atoms with Gasteiger partial charge in [0.05, 0.1) is 12.1 Å². The Hall–Kier alpha value is -8.22. The van der Waals surface area contributed by atoms with Gasteiger partial charge in [-0.1, -0.05) is 48.5 Å². The van der Waals surface area contributed by atoms with Gasteiger partial charge in [-0.25, -0.2) is 0 Å². The second-order valence-corrected chi connectivity index (χ2v) is 16.5. The highest BCUT2D eigenvalue weighted by atomic mass is 16.4. The molecular weight excluding hydrogens is 937 g/mol. The number of aromatic nitrogens is 1. The Morgan fingerprint density at radius 1 is 0.451 bits per heavy atom. The van der Waals surface area contributed by atoms with E-state index in [0.717, 1.165) is 6.92 Å². The quantitative estimate of drug-likeness (QED) is 0.0360. The van der Waals surface area contributed by atoms with Crippen molar-refractivity contribution >= 4 is 82.0 Å². The number of carbonyl (C=O) groups is 12. The van der Waals surface area contributed by atoms with Crippen LogP contribution in [0.25, 0.3) is 10.9 Å². The lowest BCUT2D eigenvalue weighted by Gasteiger charge is -2.27. The number of fused-ring (bicyclic) bond motifs is 1. The van der Waals surface area contributed by atoms with Crippen molar-refractivity contribution in [2.24, 2.45) is 5.73 Å². The number of hydrogen-bond donors (Lipinski definition) is 13. The molecule has 0 bridgehead atoms. The van der Waals surface area contributed by atoms with Crippen LogP contribution in [0.3, 0.4) is 0 Å². The third-order valence-electron chi connectivity index (χ3n) is 10.9. The number of nitrogens with two attached hydrogens (primary N) is 1.